The lowest BCUT2D eigenvalue weighted by Crippen LogP contribution is -2.60. The fraction of sp³-hybridized carbons (Fsp3) is 0.325. The molecular weight excluding hydrogens is 1010 g/mol. The van der Waals surface area contributed by atoms with E-state index in [1.165, 1.54) is 149 Å². The molecule has 2 aromatic heterocycles. The molecular formula is C80H82BN3. The van der Waals surface area contributed by atoms with Gasteiger partial charge in [0.25, 0.3) is 6.71 Å². The van der Waals surface area contributed by atoms with Crippen LogP contribution in [0.4, 0.5) is 17.1 Å². The Bertz CT molecular complexity index is 4540. The Kier molecular flexibility index (Phi) is 11.0. The van der Waals surface area contributed by atoms with Gasteiger partial charge in [-0.2, -0.15) is 0 Å². The molecule has 1 spiro atoms. The third-order valence-corrected chi connectivity index (χ3v) is 20.5. The topological polar surface area (TPSA) is 13.1 Å². The zero-order valence-corrected chi connectivity index (χ0v) is 53.1. The van der Waals surface area contributed by atoms with E-state index in [1.807, 2.05) is 0 Å². The Morgan fingerprint density at radius 1 is 0.393 bits per heavy atom. The highest BCUT2D eigenvalue weighted by Gasteiger charge is 2.55. The molecule has 0 radical (unpaired) electrons. The van der Waals surface area contributed by atoms with Gasteiger partial charge in [0.1, 0.15) is 0 Å². The molecule has 0 N–H and O–H groups in total. The first kappa shape index (κ1) is 53.2. The number of nitrogens with zero attached hydrogens (tertiary/aromatic N) is 3. The first-order valence-corrected chi connectivity index (χ1v) is 31.4. The normalized spacial score (nSPS) is 14.7. The van der Waals surface area contributed by atoms with Crippen molar-refractivity contribution in [1.82, 2.24) is 9.13 Å². The van der Waals surface area contributed by atoms with Gasteiger partial charge in [-0.1, -0.05) is 216 Å². The third-order valence-electron chi connectivity index (χ3n) is 20.5. The minimum Gasteiger partial charge on any atom is -0.310 e. The minimum absolute atomic E-state index is 0.0542. The molecule has 5 heterocycles. The molecule has 84 heavy (non-hydrogen) atoms. The molecule has 0 unspecified atom stereocenters. The van der Waals surface area contributed by atoms with Crippen LogP contribution in [0.2, 0.25) is 0 Å². The first-order chi connectivity index (χ1) is 39.7. The molecule has 0 saturated carbocycles. The van der Waals surface area contributed by atoms with Crippen molar-refractivity contribution in [2.75, 3.05) is 4.90 Å². The largest absolute Gasteiger partial charge is 0.310 e. The van der Waals surface area contributed by atoms with Crippen molar-refractivity contribution in [2.24, 2.45) is 0 Å². The van der Waals surface area contributed by atoms with E-state index < -0.39 is 5.41 Å². The van der Waals surface area contributed by atoms with Crippen molar-refractivity contribution in [2.45, 2.75) is 169 Å². The number of aromatic nitrogens is 2. The molecule has 0 amide bonds. The van der Waals surface area contributed by atoms with Crippen molar-refractivity contribution in [3.63, 3.8) is 0 Å². The average Bonchev–Trinajstić information content (AvgIpc) is 1.41. The molecule has 3 nitrogen and oxygen atoms in total. The van der Waals surface area contributed by atoms with Crippen molar-refractivity contribution >= 4 is 83.8 Å². The molecule has 420 valence electrons. The van der Waals surface area contributed by atoms with Crippen molar-refractivity contribution < 1.29 is 0 Å². The summed E-state index contributed by atoms with van der Waals surface area (Å²) >= 11 is 0. The summed E-state index contributed by atoms with van der Waals surface area (Å²) in [5.41, 5.74) is 32.5. The second-order valence-corrected chi connectivity index (χ2v) is 30.8. The van der Waals surface area contributed by atoms with Gasteiger partial charge in [-0.25, -0.2) is 0 Å². The monoisotopic (exact) mass is 1100 g/mol. The van der Waals surface area contributed by atoms with Crippen LogP contribution in [0.5, 0.6) is 0 Å². The summed E-state index contributed by atoms with van der Waals surface area (Å²) in [6, 6.07) is 62.1. The molecule has 0 bridgehead atoms. The lowest BCUT2D eigenvalue weighted by Gasteiger charge is -2.45. The van der Waals surface area contributed by atoms with Gasteiger partial charge in [0, 0.05) is 49.8 Å². The van der Waals surface area contributed by atoms with Gasteiger partial charge in [0.15, 0.2) is 0 Å². The van der Waals surface area contributed by atoms with E-state index in [1.54, 1.807) is 0 Å². The number of anilines is 3. The van der Waals surface area contributed by atoms with Gasteiger partial charge in [-0.05, 0) is 189 Å². The zero-order chi connectivity index (χ0) is 59.0. The average molecular weight is 1100 g/mol. The summed E-state index contributed by atoms with van der Waals surface area (Å²) in [6.07, 6.45) is 0. The van der Waals surface area contributed by atoms with Crippen LogP contribution in [-0.2, 0) is 27.1 Å². The summed E-state index contributed by atoms with van der Waals surface area (Å²) in [4.78, 5) is 2.56. The van der Waals surface area contributed by atoms with Gasteiger partial charge >= 0.3 is 0 Å². The fourth-order valence-electron chi connectivity index (χ4n) is 15.6. The van der Waals surface area contributed by atoms with Crippen LogP contribution in [0, 0.1) is 0 Å². The van der Waals surface area contributed by atoms with Crippen molar-refractivity contribution in [3.05, 3.63) is 213 Å². The highest BCUT2D eigenvalue weighted by molar-refractivity contribution is 7.00. The van der Waals surface area contributed by atoms with Crippen molar-refractivity contribution in [1.29, 1.82) is 0 Å². The number of hydrogen-bond acceptors (Lipinski definition) is 1. The number of benzene rings is 9. The Morgan fingerprint density at radius 3 is 1.42 bits per heavy atom. The molecule has 9 aromatic carbocycles. The SMILES string of the molecule is CC(C)c1ccc(N(c2ccc(C(C)C)cc2)c2ccc3c4c2c2cc(C(C)C)ccc2n4-c2ccc4c5c2B3c2cc(C(C)(C)C)cc3c6cc(C(C)(C)C)cc(c6n-5c23)C42c3cc(C(C)(C)C)ccc3-c3ccc(C(C)(C)C)cc32)cc1. The standard InChI is InChI=1S/C80H82BN3/c1-44(2)47-19-26-54(27-20-47)82(55-28-21-48(22-29-55)45(3)4)68-36-33-65-75-70(68)60-37-49(46(5)6)23-34-67(60)83(75)69-35-32-61-74-71(69)81(65)66-43-53(79(16,17)18)39-59-58-38-52(78(13,14)15)42-64(72(58)84(74)73(59)66)80(61)62-40-50(76(7,8)9)24-30-56(62)57-31-25-51(41-63(57)80)77(10,11)12/h19-46H,1-18H3. The Hall–Kier alpha value is -7.56. The van der Waals surface area contributed by atoms with E-state index in [-0.39, 0.29) is 28.4 Å². The zero-order valence-electron chi connectivity index (χ0n) is 53.1. The number of hydrogen-bond donors (Lipinski definition) is 0. The molecule has 11 aromatic rings. The maximum atomic E-state index is 2.81. The quantitative estimate of drug-likeness (QED) is 0.151. The van der Waals surface area contributed by atoms with Crippen LogP contribution >= 0.6 is 0 Å². The second kappa shape index (κ2) is 17.3. The van der Waals surface area contributed by atoms with Gasteiger partial charge in [-0.3, -0.25) is 0 Å². The van der Waals surface area contributed by atoms with Crippen LogP contribution in [0.1, 0.15) is 204 Å². The molecule has 15 rings (SSSR count). The van der Waals surface area contributed by atoms with Crippen LogP contribution < -0.4 is 21.3 Å². The first-order valence-electron chi connectivity index (χ1n) is 31.4. The van der Waals surface area contributed by atoms with Crippen LogP contribution in [0.3, 0.4) is 0 Å². The smallest absolute Gasteiger partial charge is 0.252 e. The van der Waals surface area contributed by atoms with Gasteiger partial charge in [0.05, 0.1) is 27.7 Å². The lowest BCUT2D eigenvalue weighted by molar-refractivity contribution is 0.583. The van der Waals surface area contributed by atoms with E-state index in [0.29, 0.717) is 17.8 Å². The summed E-state index contributed by atoms with van der Waals surface area (Å²) in [6.45, 7) is 42.7. The summed E-state index contributed by atoms with van der Waals surface area (Å²) in [5.74, 6) is 1.22. The highest BCUT2D eigenvalue weighted by Crippen LogP contribution is 2.63. The van der Waals surface area contributed by atoms with E-state index >= 15 is 0 Å². The van der Waals surface area contributed by atoms with Crippen LogP contribution in [-0.4, -0.2) is 15.8 Å². The maximum Gasteiger partial charge on any atom is 0.252 e. The highest BCUT2D eigenvalue weighted by atomic mass is 15.1. The van der Waals surface area contributed by atoms with Crippen molar-refractivity contribution in [3.8, 4) is 22.5 Å². The van der Waals surface area contributed by atoms with Gasteiger partial charge in [0.2, 0.25) is 0 Å². The predicted octanol–water partition coefficient (Wildman–Crippen LogP) is 19.7. The Balaban J connectivity index is 1.15. The number of rotatable bonds is 6. The molecule has 1 aliphatic carbocycles. The Morgan fingerprint density at radius 2 is 0.893 bits per heavy atom. The molecule has 0 fully saturated rings. The van der Waals surface area contributed by atoms with Crippen LogP contribution in [0.25, 0.3) is 66.1 Å². The lowest BCUT2D eigenvalue weighted by atomic mass is 9.33. The van der Waals surface area contributed by atoms with E-state index in [0.717, 1.165) is 11.4 Å². The third kappa shape index (κ3) is 7.12. The molecule has 3 aliphatic heterocycles. The molecule has 4 heteroatoms. The fourth-order valence-corrected chi connectivity index (χ4v) is 15.6. The molecule has 4 aliphatic rings. The Labute approximate surface area is 499 Å². The van der Waals surface area contributed by atoms with Gasteiger partial charge in [-0.15, -0.1) is 0 Å². The second-order valence-electron chi connectivity index (χ2n) is 30.8. The summed E-state index contributed by atoms with van der Waals surface area (Å²) < 4.78 is 5.53. The summed E-state index contributed by atoms with van der Waals surface area (Å²) in [7, 11) is 0. The molecule has 0 atom stereocenters. The van der Waals surface area contributed by atoms with E-state index in [4.69, 9.17) is 0 Å². The van der Waals surface area contributed by atoms with E-state index in [2.05, 4.69) is 290 Å². The van der Waals surface area contributed by atoms with E-state index in [9.17, 15) is 0 Å². The maximum absolute atomic E-state index is 2.81. The predicted molar refractivity (Wildman–Crippen MR) is 362 cm³/mol. The number of fused-ring (bicyclic) bond motifs is 14. The minimum atomic E-state index is -0.628. The summed E-state index contributed by atoms with van der Waals surface area (Å²) in [5, 5.41) is 5.34. The van der Waals surface area contributed by atoms with Gasteiger partial charge < -0.3 is 14.0 Å². The van der Waals surface area contributed by atoms with Crippen LogP contribution in [0.15, 0.2) is 152 Å². The molecule has 0 saturated heterocycles.